The Bertz CT molecular complexity index is 709. The summed E-state index contributed by atoms with van der Waals surface area (Å²) in [7, 11) is 4.06. The number of rotatable bonds is 11. The molecule has 1 aromatic heterocycles. The zero-order chi connectivity index (χ0) is 18.9. The van der Waals surface area contributed by atoms with Crippen molar-refractivity contribution in [2.75, 3.05) is 20.6 Å². The first-order valence-corrected chi connectivity index (χ1v) is 10.0. The van der Waals surface area contributed by atoms with Crippen LogP contribution in [0.1, 0.15) is 57.4 Å². The molecule has 0 aliphatic rings. The molecule has 2 rings (SSSR count). The Morgan fingerprint density at radius 3 is 2.62 bits per heavy atom. The predicted molar refractivity (Wildman–Crippen MR) is 109 cm³/mol. The number of benzene rings is 1. The minimum absolute atomic E-state index is 0.163. The van der Waals surface area contributed by atoms with Crippen LogP contribution in [0.5, 0.6) is 5.75 Å². The van der Waals surface area contributed by atoms with Gasteiger partial charge in [0.1, 0.15) is 10.9 Å². The number of aromatic amines is 1. The normalized spacial score (nSPS) is 11.4. The van der Waals surface area contributed by atoms with Gasteiger partial charge in [-0.3, -0.25) is 4.79 Å². The fourth-order valence-electron chi connectivity index (χ4n) is 3.13. The Balaban J connectivity index is 2.01. The van der Waals surface area contributed by atoms with Crippen molar-refractivity contribution in [2.45, 2.75) is 58.3 Å². The van der Waals surface area contributed by atoms with Crippen molar-refractivity contribution in [3.63, 3.8) is 0 Å². The van der Waals surface area contributed by atoms with Gasteiger partial charge in [0.15, 0.2) is 0 Å². The van der Waals surface area contributed by atoms with Gasteiger partial charge in [-0.25, -0.2) is 0 Å². The van der Waals surface area contributed by atoms with Gasteiger partial charge in [-0.15, -0.1) is 0 Å². The van der Waals surface area contributed by atoms with Crippen LogP contribution in [-0.2, 0) is 11.2 Å². The van der Waals surface area contributed by atoms with E-state index in [9.17, 15) is 4.79 Å². The maximum absolute atomic E-state index is 12.3. The van der Waals surface area contributed by atoms with Crippen LogP contribution in [0.4, 0.5) is 0 Å². The highest BCUT2D eigenvalue weighted by Crippen LogP contribution is 2.34. The van der Waals surface area contributed by atoms with E-state index in [0.717, 1.165) is 42.3 Å². The van der Waals surface area contributed by atoms with Crippen LogP contribution >= 0.6 is 11.6 Å². The Kier molecular flexibility index (Phi) is 8.46. The summed E-state index contributed by atoms with van der Waals surface area (Å²) >= 11 is 6.39. The lowest BCUT2D eigenvalue weighted by atomic mass is 10.1. The summed E-state index contributed by atoms with van der Waals surface area (Å²) in [5.41, 5.74) is 1.92. The van der Waals surface area contributed by atoms with E-state index in [-0.39, 0.29) is 5.97 Å². The van der Waals surface area contributed by atoms with Gasteiger partial charge in [-0.05, 0) is 39.1 Å². The van der Waals surface area contributed by atoms with E-state index in [0.29, 0.717) is 17.3 Å². The second-order valence-electron chi connectivity index (χ2n) is 7.14. The number of esters is 1. The van der Waals surface area contributed by atoms with Gasteiger partial charge in [-0.1, -0.05) is 56.7 Å². The van der Waals surface area contributed by atoms with Gasteiger partial charge in [0.2, 0.25) is 0 Å². The second-order valence-corrected chi connectivity index (χ2v) is 7.52. The van der Waals surface area contributed by atoms with Gasteiger partial charge < -0.3 is 14.6 Å². The number of likely N-dealkylation sites (N-methyl/N-ethyl adjacent to an activating group) is 1. The fourth-order valence-corrected chi connectivity index (χ4v) is 3.42. The summed E-state index contributed by atoms with van der Waals surface area (Å²) in [5.74, 6) is 0.444. The maximum Gasteiger partial charge on any atom is 0.311 e. The minimum atomic E-state index is -0.163. The Hall–Kier alpha value is -1.52. The molecule has 0 atom stereocenters. The van der Waals surface area contributed by atoms with Crippen LogP contribution < -0.4 is 4.74 Å². The third kappa shape index (κ3) is 6.03. The summed E-state index contributed by atoms with van der Waals surface area (Å²) < 4.78 is 5.69. The Labute approximate surface area is 161 Å². The zero-order valence-electron chi connectivity index (χ0n) is 16.2. The number of ether oxygens (including phenoxy) is 1. The quantitative estimate of drug-likeness (QED) is 0.315. The zero-order valence-corrected chi connectivity index (χ0v) is 17.0. The van der Waals surface area contributed by atoms with Crippen LogP contribution in [0.25, 0.3) is 10.9 Å². The molecular formula is C21H31ClN2O2. The van der Waals surface area contributed by atoms with Crippen molar-refractivity contribution < 1.29 is 9.53 Å². The largest absolute Gasteiger partial charge is 0.426 e. The third-order valence-electron chi connectivity index (χ3n) is 4.60. The third-order valence-corrected chi connectivity index (χ3v) is 4.93. The molecule has 0 unspecified atom stereocenters. The summed E-state index contributed by atoms with van der Waals surface area (Å²) in [4.78, 5) is 17.6. The molecule has 0 spiro atoms. The number of H-pyrrole nitrogens is 1. The van der Waals surface area contributed by atoms with E-state index < -0.39 is 0 Å². The molecular weight excluding hydrogens is 348 g/mol. The fraction of sp³-hybridized carbons (Fsp3) is 0.571. The molecule has 5 heteroatoms. The van der Waals surface area contributed by atoms with Gasteiger partial charge in [0.05, 0.1) is 5.52 Å². The van der Waals surface area contributed by atoms with E-state index in [1.54, 1.807) is 0 Å². The van der Waals surface area contributed by atoms with Crippen molar-refractivity contribution >= 4 is 28.5 Å². The summed E-state index contributed by atoms with van der Waals surface area (Å²) in [6, 6.07) is 5.70. The number of nitrogens with one attached hydrogen (secondary N) is 1. The van der Waals surface area contributed by atoms with Crippen molar-refractivity contribution in [2.24, 2.45) is 0 Å². The molecule has 1 heterocycles. The summed E-state index contributed by atoms with van der Waals surface area (Å²) in [6.07, 6.45) is 8.20. The second kappa shape index (κ2) is 10.6. The number of halogens is 1. The van der Waals surface area contributed by atoms with E-state index in [1.807, 2.05) is 32.3 Å². The maximum atomic E-state index is 12.3. The van der Waals surface area contributed by atoms with Gasteiger partial charge in [-0.2, -0.15) is 0 Å². The van der Waals surface area contributed by atoms with Crippen LogP contribution in [0.15, 0.2) is 18.2 Å². The highest BCUT2D eigenvalue weighted by atomic mass is 35.5. The van der Waals surface area contributed by atoms with E-state index >= 15 is 0 Å². The molecule has 1 aromatic carbocycles. The van der Waals surface area contributed by atoms with Gasteiger partial charge in [0, 0.05) is 23.9 Å². The van der Waals surface area contributed by atoms with Crippen molar-refractivity contribution in [3.8, 4) is 5.75 Å². The first kappa shape index (κ1) is 20.8. The number of aromatic nitrogens is 1. The lowest BCUT2D eigenvalue weighted by Gasteiger charge is -2.11. The molecule has 0 aliphatic heterocycles. The SMILES string of the molecule is CCCCCCCCC(=O)Oc1cccc2[nH]c(Cl)c(CCN(C)C)c12. The summed E-state index contributed by atoms with van der Waals surface area (Å²) in [6.45, 7) is 3.09. The number of hydrogen-bond donors (Lipinski definition) is 1. The van der Waals surface area contributed by atoms with Crippen molar-refractivity contribution in [3.05, 3.63) is 28.9 Å². The topological polar surface area (TPSA) is 45.3 Å². The lowest BCUT2D eigenvalue weighted by Crippen LogP contribution is -2.15. The number of unbranched alkanes of at least 4 members (excludes halogenated alkanes) is 5. The molecule has 4 nitrogen and oxygen atoms in total. The van der Waals surface area contributed by atoms with Crippen LogP contribution in [-0.4, -0.2) is 36.5 Å². The number of nitrogens with zero attached hydrogens (tertiary/aromatic N) is 1. The van der Waals surface area contributed by atoms with Crippen molar-refractivity contribution in [1.29, 1.82) is 0 Å². The molecule has 0 amide bonds. The highest BCUT2D eigenvalue weighted by Gasteiger charge is 2.16. The minimum Gasteiger partial charge on any atom is -0.426 e. The first-order chi connectivity index (χ1) is 12.5. The van der Waals surface area contributed by atoms with Crippen LogP contribution in [0, 0.1) is 0 Å². The molecule has 2 aromatic rings. The molecule has 0 fully saturated rings. The number of carbonyl (C=O) groups excluding carboxylic acids is 1. The molecule has 144 valence electrons. The van der Waals surface area contributed by atoms with Gasteiger partial charge >= 0.3 is 5.97 Å². The van der Waals surface area contributed by atoms with E-state index in [1.165, 1.54) is 25.7 Å². The molecule has 0 aliphatic carbocycles. The summed E-state index contributed by atoms with van der Waals surface area (Å²) in [5, 5.41) is 1.55. The number of fused-ring (bicyclic) bond motifs is 1. The molecule has 0 saturated carbocycles. The predicted octanol–water partition coefficient (Wildman–Crippen LogP) is 5.58. The van der Waals surface area contributed by atoms with E-state index in [2.05, 4.69) is 16.8 Å². The first-order valence-electron chi connectivity index (χ1n) is 9.67. The standard InChI is InChI=1S/C21H31ClN2O2/c1-4-5-6-7-8-9-13-19(25)26-18-12-10-11-17-20(18)16(21(22)23-17)14-15-24(2)3/h10-12,23H,4-9,13-15H2,1-3H3. The number of hydrogen-bond acceptors (Lipinski definition) is 3. The lowest BCUT2D eigenvalue weighted by molar-refractivity contribution is -0.134. The van der Waals surface area contributed by atoms with Crippen LogP contribution in [0.3, 0.4) is 0 Å². The average Bonchev–Trinajstić information content (AvgIpc) is 2.92. The molecule has 0 saturated heterocycles. The monoisotopic (exact) mass is 378 g/mol. The molecule has 0 radical (unpaired) electrons. The van der Waals surface area contributed by atoms with Crippen LogP contribution in [0.2, 0.25) is 5.15 Å². The number of carbonyl (C=O) groups is 1. The molecule has 26 heavy (non-hydrogen) atoms. The van der Waals surface area contributed by atoms with Crippen molar-refractivity contribution in [1.82, 2.24) is 9.88 Å². The molecule has 1 N–H and O–H groups in total. The smallest absolute Gasteiger partial charge is 0.311 e. The Morgan fingerprint density at radius 2 is 1.88 bits per heavy atom. The average molecular weight is 379 g/mol. The van der Waals surface area contributed by atoms with Gasteiger partial charge in [0.25, 0.3) is 0 Å². The Morgan fingerprint density at radius 1 is 1.15 bits per heavy atom. The van der Waals surface area contributed by atoms with E-state index in [4.69, 9.17) is 16.3 Å². The molecule has 0 bridgehead atoms. The highest BCUT2D eigenvalue weighted by molar-refractivity contribution is 6.32.